The Morgan fingerprint density at radius 2 is 2.25 bits per heavy atom. The maximum absolute atomic E-state index is 11.3. The van der Waals surface area contributed by atoms with Gasteiger partial charge in [-0.1, -0.05) is 17.4 Å². The Bertz CT molecular complexity index is 567. The summed E-state index contributed by atoms with van der Waals surface area (Å²) < 4.78 is 1.74. The summed E-state index contributed by atoms with van der Waals surface area (Å²) in [7, 11) is 0. The number of nitrogens with zero attached hydrogens (tertiary/aromatic N) is 3. The minimum Gasteiger partial charge on any atom is -0.290 e. The van der Waals surface area contributed by atoms with E-state index in [1.165, 1.54) is 11.0 Å². The number of aryl methyl sites for hydroxylation is 2. The summed E-state index contributed by atoms with van der Waals surface area (Å²) in [6.07, 6.45) is 3.11. The highest BCUT2D eigenvalue weighted by Crippen LogP contribution is 2.20. The third-order valence-corrected chi connectivity index (χ3v) is 3.25. The standard InChI is InChI=1S/C10H12N4OS/c1-4-5-8(15)11-9-12-10-14(13-9)6(2)7(3)16-10/h4-5H,1-3H3,(H,11,13,15)/b5-4+. The lowest BCUT2D eigenvalue weighted by atomic mass is 10.4. The van der Waals surface area contributed by atoms with Crippen LogP contribution < -0.4 is 5.32 Å². The predicted molar refractivity (Wildman–Crippen MR) is 63.8 cm³/mol. The summed E-state index contributed by atoms with van der Waals surface area (Å²) in [4.78, 5) is 17.5. The average Bonchev–Trinajstić information content (AvgIpc) is 2.69. The monoisotopic (exact) mass is 236 g/mol. The molecule has 0 aliphatic rings. The minimum absolute atomic E-state index is 0.213. The molecule has 0 saturated heterocycles. The normalized spacial score (nSPS) is 11.4. The number of hydrogen-bond acceptors (Lipinski definition) is 4. The summed E-state index contributed by atoms with van der Waals surface area (Å²) in [5, 5.41) is 6.81. The van der Waals surface area contributed by atoms with E-state index >= 15 is 0 Å². The van der Waals surface area contributed by atoms with Crippen LogP contribution in [0.1, 0.15) is 17.5 Å². The molecule has 0 saturated carbocycles. The Morgan fingerprint density at radius 3 is 2.88 bits per heavy atom. The van der Waals surface area contributed by atoms with Gasteiger partial charge in [0, 0.05) is 4.88 Å². The number of thiazole rings is 1. The maximum atomic E-state index is 11.3. The number of nitrogens with one attached hydrogen (secondary N) is 1. The zero-order valence-corrected chi connectivity index (χ0v) is 10.1. The molecule has 0 fully saturated rings. The summed E-state index contributed by atoms with van der Waals surface area (Å²) >= 11 is 1.56. The molecule has 2 heterocycles. The second-order valence-corrected chi connectivity index (χ2v) is 4.54. The topological polar surface area (TPSA) is 59.3 Å². The lowest BCUT2D eigenvalue weighted by Crippen LogP contribution is -2.09. The first-order chi connectivity index (χ1) is 7.61. The molecule has 1 N–H and O–H groups in total. The highest BCUT2D eigenvalue weighted by Gasteiger charge is 2.11. The Morgan fingerprint density at radius 1 is 1.50 bits per heavy atom. The van der Waals surface area contributed by atoms with Crippen LogP contribution in [-0.4, -0.2) is 20.5 Å². The van der Waals surface area contributed by atoms with Gasteiger partial charge in [0.05, 0.1) is 5.69 Å². The van der Waals surface area contributed by atoms with E-state index in [4.69, 9.17) is 0 Å². The zero-order chi connectivity index (χ0) is 11.7. The molecule has 0 unspecified atom stereocenters. The predicted octanol–water partition coefficient (Wildman–Crippen LogP) is 1.92. The molecule has 5 nitrogen and oxygen atoms in total. The third kappa shape index (κ3) is 1.83. The number of aromatic nitrogens is 3. The van der Waals surface area contributed by atoms with Crippen LogP contribution in [0.15, 0.2) is 12.2 Å². The SMILES string of the molecule is C/C=C/C(=O)Nc1nc2sc(C)c(C)n2n1. The van der Waals surface area contributed by atoms with Gasteiger partial charge in [-0.25, -0.2) is 4.52 Å². The van der Waals surface area contributed by atoms with Crippen molar-refractivity contribution in [3.63, 3.8) is 0 Å². The Labute approximate surface area is 96.8 Å². The number of hydrogen-bond donors (Lipinski definition) is 1. The zero-order valence-electron chi connectivity index (χ0n) is 9.31. The van der Waals surface area contributed by atoms with Crippen molar-refractivity contribution < 1.29 is 4.79 Å². The second-order valence-electron chi connectivity index (χ2n) is 3.36. The van der Waals surface area contributed by atoms with Gasteiger partial charge < -0.3 is 0 Å². The summed E-state index contributed by atoms with van der Waals surface area (Å²) in [5.74, 6) is 0.132. The van der Waals surface area contributed by atoms with Crippen molar-refractivity contribution in [2.45, 2.75) is 20.8 Å². The quantitative estimate of drug-likeness (QED) is 0.810. The summed E-state index contributed by atoms with van der Waals surface area (Å²) in [6.45, 7) is 5.78. The number of carbonyl (C=O) groups is 1. The van der Waals surface area contributed by atoms with E-state index in [1.54, 1.807) is 28.9 Å². The fourth-order valence-corrected chi connectivity index (χ4v) is 2.20. The molecule has 0 aliphatic heterocycles. The number of anilines is 1. The maximum Gasteiger partial charge on any atom is 0.250 e. The van der Waals surface area contributed by atoms with Gasteiger partial charge in [-0.05, 0) is 26.8 Å². The van der Waals surface area contributed by atoms with E-state index in [1.807, 2.05) is 13.8 Å². The number of allylic oxidation sites excluding steroid dienone is 1. The van der Waals surface area contributed by atoms with E-state index in [0.717, 1.165) is 10.7 Å². The number of fused-ring (bicyclic) bond motifs is 1. The van der Waals surface area contributed by atoms with Crippen molar-refractivity contribution >= 4 is 28.2 Å². The van der Waals surface area contributed by atoms with E-state index in [2.05, 4.69) is 15.4 Å². The Kier molecular flexibility index (Phi) is 2.74. The molecule has 0 bridgehead atoms. The molecule has 2 rings (SSSR count). The number of carbonyl (C=O) groups excluding carboxylic acids is 1. The van der Waals surface area contributed by atoms with E-state index in [0.29, 0.717) is 5.95 Å². The van der Waals surface area contributed by atoms with Gasteiger partial charge >= 0.3 is 0 Å². The van der Waals surface area contributed by atoms with Crippen molar-refractivity contribution in [1.82, 2.24) is 14.6 Å². The van der Waals surface area contributed by atoms with Crippen LogP contribution in [0.3, 0.4) is 0 Å². The first kappa shape index (κ1) is 10.8. The average molecular weight is 236 g/mol. The molecule has 0 spiro atoms. The molecule has 16 heavy (non-hydrogen) atoms. The van der Waals surface area contributed by atoms with Crippen LogP contribution in [0.2, 0.25) is 0 Å². The van der Waals surface area contributed by atoms with Crippen LogP contribution in [0.25, 0.3) is 4.96 Å². The van der Waals surface area contributed by atoms with Crippen molar-refractivity contribution in [3.8, 4) is 0 Å². The molecule has 1 amide bonds. The van der Waals surface area contributed by atoms with Crippen molar-refractivity contribution in [2.75, 3.05) is 5.32 Å². The summed E-state index contributed by atoms with van der Waals surface area (Å²) in [6, 6.07) is 0. The van der Waals surface area contributed by atoms with E-state index in [-0.39, 0.29) is 5.91 Å². The van der Waals surface area contributed by atoms with E-state index in [9.17, 15) is 4.79 Å². The first-order valence-corrected chi connectivity index (χ1v) is 5.70. The summed E-state index contributed by atoms with van der Waals surface area (Å²) in [5.41, 5.74) is 1.05. The van der Waals surface area contributed by atoms with Gasteiger partial charge in [-0.15, -0.1) is 5.10 Å². The molecule has 6 heteroatoms. The highest BCUT2D eigenvalue weighted by molar-refractivity contribution is 7.17. The largest absolute Gasteiger partial charge is 0.290 e. The molecule has 0 radical (unpaired) electrons. The van der Waals surface area contributed by atoms with Crippen molar-refractivity contribution in [3.05, 3.63) is 22.7 Å². The van der Waals surface area contributed by atoms with Gasteiger partial charge in [0.15, 0.2) is 0 Å². The van der Waals surface area contributed by atoms with Gasteiger partial charge in [-0.2, -0.15) is 4.98 Å². The van der Waals surface area contributed by atoms with E-state index < -0.39 is 0 Å². The van der Waals surface area contributed by atoms with Crippen molar-refractivity contribution in [2.24, 2.45) is 0 Å². The van der Waals surface area contributed by atoms with Gasteiger partial charge in [-0.3, -0.25) is 10.1 Å². The van der Waals surface area contributed by atoms with Gasteiger partial charge in [0.25, 0.3) is 5.95 Å². The fourth-order valence-electron chi connectivity index (χ4n) is 1.30. The molecule has 0 aromatic carbocycles. The third-order valence-electron chi connectivity index (χ3n) is 2.20. The molecular formula is C10H12N4OS. The molecular weight excluding hydrogens is 224 g/mol. The molecule has 2 aromatic heterocycles. The minimum atomic E-state index is -0.213. The second kappa shape index (κ2) is 4.05. The molecule has 0 aliphatic carbocycles. The van der Waals surface area contributed by atoms with Crippen LogP contribution in [0, 0.1) is 13.8 Å². The van der Waals surface area contributed by atoms with Crippen LogP contribution in [0.4, 0.5) is 5.95 Å². The number of rotatable bonds is 2. The van der Waals surface area contributed by atoms with Gasteiger partial charge in [0.1, 0.15) is 0 Å². The Balaban J connectivity index is 2.30. The first-order valence-electron chi connectivity index (χ1n) is 4.88. The smallest absolute Gasteiger partial charge is 0.250 e. The highest BCUT2D eigenvalue weighted by atomic mass is 32.1. The fraction of sp³-hybridized carbons (Fsp3) is 0.300. The van der Waals surface area contributed by atoms with Crippen LogP contribution in [0.5, 0.6) is 0 Å². The van der Waals surface area contributed by atoms with Crippen molar-refractivity contribution in [1.29, 1.82) is 0 Å². The Hall–Kier alpha value is -1.69. The molecule has 84 valence electrons. The lowest BCUT2D eigenvalue weighted by molar-refractivity contribution is -0.111. The van der Waals surface area contributed by atoms with Crippen LogP contribution >= 0.6 is 11.3 Å². The molecule has 0 atom stereocenters. The lowest BCUT2D eigenvalue weighted by Gasteiger charge is -1.93. The number of amides is 1. The van der Waals surface area contributed by atoms with Gasteiger partial charge in [0.2, 0.25) is 10.9 Å². The molecule has 2 aromatic rings. The van der Waals surface area contributed by atoms with Crippen LogP contribution in [-0.2, 0) is 4.79 Å².